The number of nitrogens with zero attached hydrogens (tertiary/aromatic N) is 2. The molecule has 0 radical (unpaired) electrons. The number of likely N-dealkylation sites (N-methyl/N-ethyl adjacent to an activating group) is 2. The maximum atomic E-state index is 10.7. The predicted molar refractivity (Wildman–Crippen MR) is 140 cm³/mol. The van der Waals surface area contributed by atoms with Gasteiger partial charge in [0.15, 0.2) is 0 Å². The van der Waals surface area contributed by atoms with Crippen LogP contribution in [0.25, 0.3) is 0 Å². The van der Waals surface area contributed by atoms with Gasteiger partial charge in [-0.1, -0.05) is 24.3 Å². The smallest absolute Gasteiger partial charge is 0.267 e. The average molecular weight is 549 g/mol. The second kappa shape index (κ2) is 15.0. The number of anilines is 2. The summed E-state index contributed by atoms with van der Waals surface area (Å²) in [6.45, 7) is 5.32. The molecule has 0 saturated heterocycles. The minimum Gasteiger partial charge on any atom is -0.497 e. The molecule has 2 rings (SSSR count). The molecular formula is C23H36N2O9S2. The first-order valence-corrected chi connectivity index (χ1v) is 14.4. The number of methoxy groups -OCH3 is 1. The molecule has 0 saturated carbocycles. The second-order valence-electron chi connectivity index (χ2n) is 7.92. The van der Waals surface area contributed by atoms with Gasteiger partial charge in [0.1, 0.15) is 17.3 Å². The fraction of sp³-hybridized carbons (Fsp3) is 0.478. The lowest BCUT2D eigenvalue weighted by Crippen LogP contribution is -2.36. The Morgan fingerprint density at radius 3 is 1.61 bits per heavy atom. The number of hydrogen-bond acceptors (Lipinski definition) is 9. The van der Waals surface area contributed by atoms with Crippen LogP contribution in [0.15, 0.2) is 54.6 Å². The van der Waals surface area contributed by atoms with Gasteiger partial charge in [-0.15, -0.1) is 0 Å². The van der Waals surface area contributed by atoms with E-state index in [0.29, 0.717) is 18.8 Å². The molecule has 0 amide bonds. The van der Waals surface area contributed by atoms with Gasteiger partial charge < -0.3 is 24.7 Å². The third kappa shape index (κ3) is 13.0. The molecule has 0 aliphatic heterocycles. The first-order chi connectivity index (χ1) is 16.8. The lowest BCUT2D eigenvalue weighted by molar-refractivity contribution is 0.199. The van der Waals surface area contributed by atoms with Crippen LogP contribution in [0.5, 0.6) is 5.75 Å². The van der Waals surface area contributed by atoms with Gasteiger partial charge in [0.05, 0.1) is 19.3 Å². The van der Waals surface area contributed by atoms with Gasteiger partial charge in [-0.3, -0.25) is 9.11 Å². The van der Waals surface area contributed by atoms with Crippen LogP contribution in [0.2, 0.25) is 0 Å². The first-order valence-electron chi connectivity index (χ1n) is 11.2. The lowest BCUT2D eigenvalue weighted by Gasteiger charge is -2.25. The van der Waals surface area contributed by atoms with Gasteiger partial charge in [-0.25, -0.2) is 0 Å². The van der Waals surface area contributed by atoms with E-state index < -0.39 is 43.9 Å². The topological polar surface area (TPSA) is 165 Å². The van der Waals surface area contributed by atoms with Crippen molar-refractivity contribution in [3.8, 4) is 5.75 Å². The molecule has 0 heterocycles. The lowest BCUT2D eigenvalue weighted by atomic mass is 10.2. The van der Waals surface area contributed by atoms with E-state index >= 15 is 0 Å². The molecular weight excluding hydrogens is 512 g/mol. The number of rotatable bonds is 13. The van der Waals surface area contributed by atoms with Gasteiger partial charge >= 0.3 is 0 Å². The number of aliphatic hydroxyl groups is 2. The summed E-state index contributed by atoms with van der Waals surface area (Å²) in [5.41, 5.74) is 1.72. The number of benzene rings is 2. The van der Waals surface area contributed by atoms with Crippen LogP contribution < -0.4 is 14.5 Å². The zero-order valence-corrected chi connectivity index (χ0v) is 22.3. The summed E-state index contributed by atoms with van der Waals surface area (Å²) >= 11 is 0. The average Bonchev–Trinajstić information content (AvgIpc) is 2.79. The third-order valence-corrected chi connectivity index (χ3v) is 6.58. The molecule has 2 unspecified atom stereocenters. The maximum absolute atomic E-state index is 10.7. The molecule has 0 aromatic heterocycles. The van der Waals surface area contributed by atoms with Crippen LogP contribution in [0.3, 0.4) is 0 Å². The van der Waals surface area contributed by atoms with Gasteiger partial charge in [-0.05, 0) is 38.1 Å². The van der Waals surface area contributed by atoms with Crippen molar-refractivity contribution in [2.45, 2.75) is 26.1 Å². The number of aliphatic hydroxyl groups excluding tert-OH is 2. The monoisotopic (exact) mass is 548 g/mol. The van der Waals surface area contributed by atoms with E-state index in [1.807, 2.05) is 61.2 Å². The van der Waals surface area contributed by atoms with Gasteiger partial charge in [0.2, 0.25) is 0 Å². The van der Waals surface area contributed by atoms with E-state index in [0.717, 1.165) is 11.4 Å². The van der Waals surface area contributed by atoms with Crippen molar-refractivity contribution < 1.29 is 40.9 Å². The summed E-state index contributed by atoms with van der Waals surface area (Å²) in [5.74, 6) is -0.635. The number of hydrogen-bond donors (Lipinski definition) is 4. The SMILES string of the molecule is CCN(CC(O)CS(=O)(=O)O)c1cccc(OC)c1.CCN(CC(O)CS(=O)(=O)O)c1ccccc1. The number of ether oxygens (including phenoxy) is 1. The van der Waals surface area contributed by atoms with E-state index in [-0.39, 0.29) is 13.1 Å². The van der Waals surface area contributed by atoms with Crippen LogP contribution >= 0.6 is 0 Å². The molecule has 0 fully saturated rings. The molecule has 11 nitrogen and oxygen atoms in total. The summed E-state index contributed by atoms with van der Waals surface area (Å²) in [7, 11) is -6.75. The Bertz CT molecular complexity index is 1110. The molecule has 0 aliphatic rings. The van der Waals surface area contributed by atoms with Crippen LogP contribution in [0.4, 0.5) is 11.4 Å². The van der Waals surface area contributed by atoms with Crippen LogP contribution in [-0.4, -0.2) is 93.2 Å². The molecule has 4 N–H and O–H groups in total. The molecule has 36 heavy (non-hydrogen) atoms. The molecule has 0 bridgehead atoms. The molecule has 0 spiro atoms. The van der Waals surface area contributed by atoms with E-state index in [2.05, 4.69) is 0 Å². The van der Waals surface area contributed by atoms with Gasteiger partial charge in [0.25, 0.3) is 20.2 Å². The Hall–Kier alpha value is -2.42. The summed E-state index contributed by atoms with van der Waals surface area (Å²) in [4.78, 5) is 3.65. The zero-order valence-electron chi connectivity index (χ0n) is 20.6. The standard InChI is InChI=1S/C12H19NO5S.C11H17NO4S/c1-3-13(8-11(14)9-19(15,16)17)10-5-4-6-12(7-10)18-2;1-2-12(10-6-4-3-5-7-10)8-11(13)9-17(14,15)16/h4-7,11,14H,3,8-9H2,1-2H3,(H,15,16,17);3-7,11,13H,2,8-9H2,1H3,(H,14,15,16). The Morgan fingerprint density at radius 1 is 0.750 bits per heavy atom. The summed E-state index contributed by atoms with van der Waals surface area (Å²) < 4.78 is 65.1. The highest BCUT2D eigenvalue weighted by molar-refractivity contribution is 7.86. The van der Waals surface area contributed by atoms with E-state index in [9.17, 15) is 27.0 Å². The zero-order chi connectivity index (χ0) is 27.4. The fourth-order valence-electron chi connectivity index (χ4n) is 3.38. The van der Waals surface area contributed by atoms with Crippen molar-refractivity contribution in [2.75, 3.05) is 54.6 Å². The molecule has 2 aromatic rings. The Morgan fingerprint density at radius 2 is 1.19 bits per heavy atom. The molecule has 204 valence electrons. The molecule has 13 heteroatoms. The van der Waals surface area contributed by atoms with Crippen molar-refractivity contribution in [3.63, 3.8) is 0 Å². The maximum Gasteiger partial charge on any atom is 0.267 e. The van der Waals surface area contributed by atoms with E-state index in [4.69, 9.17) is 13.8 Å². The Balaban J connectivity index is 0.000000362. The molecule has 2 atom stereocenters. The van der Waals surface area contributed by atoms with E-state index in [1.165, 1.54) is 0 Å². The summed E-state index contributed by atoms with van der Waals surface area (Å²) in [6, 6.07) is 16.6. The third-order valence-electron chi connectivity index (χ3n) is 4.97. The quantitative estimate of drug-likeness (QED) is 0.268. The second-order valence-corrected chi connectivity index (χ2v) is 10.9. The van der Waals surface area contributed by atoms with Crippen LogP contribution in [0, 0.1) is 0 Å². The van der Waals surface area contributed by atoms with Gasteiger partial charge in [-0.2, -0.15) is 16.8 Å². The Kier molecular flexibility index (Phi) is 13.1. The summed E-state index contributed by atoms with van der Waals surface area (Å²) in [5, 5.41) is 19.2. The largest absolute Gasteiger partial charge is 0.497 e. The Labute approximate surface area is 213 Å². The van der Waals surface area contributed by atoms with Crippen LogP contribution in [-0.2, 0) is 20.2 Å². The minimum absolute atomic E-state index is 0.115. The van der Waals surface area contributed by atoms with Crippen molar-refractivity contribution >= 4 is 31.6 Å². The highest BCUT2D eigenvalue weighted by Gasteiger charge is 2.18. The normalized spacial score (nSPS) is 13.2. The predicted octanol–water partition coefficient (Wildman–Crippen LogP) is 1.53. The van der Waals surface area contributed by atoms with Crippen molar-refractivity contribution in [2.24, 2.45) is 0 Å². The number of para-hydroxylation sites is 1. The van der Waals surface area contributed by atoms with Crippen LogP contribution in [0.1, 0.15) is 13.8 Å². The van der Waals surface area contributed by atoms with Crippen molar-refractivity contribution in [1.82, 2.24) is 0 Å². The van der Waals surface area contributed by atoms with E-state index in [1.54, 1.807) is 24.1 Å². The first kappa shape index (κ1) is 31.6. The van der Waals surface area contributed by atoms with Crippen molar-refractivity contribution in [3.05, 3.63) is 54.6 Å². The highest BCUT2D eigenvalue weighted by Crippen LogP contribution is 2.21. The highest BCUT2D eigenvalue weighted by atomic mass is 32.2. The minimum atomic E-state index is -4.17. The van der Waals surface area contributed by atoms with Gasteiger partial charge in [0, 0.05) is 43.6 Å². The molecule has 0 aliphatic carbocycles. The van der Waals surface area contributed by atoms with Crippen molar-refractivity contribution in [1.29, 1.82) is 0 Å². The molecule has 2 aromatic carbocycles. The summed E-state index contributed by atoms with van der Waals surface area (Å²) in [6.07, 6.45) is -2.26. The fourth-order valence-corrected chi connectivity index (χ4v) is 4.56.